The molecule has 0 radical (unpaired) electrons. The molecular formula is C14H15FN2. The van der Waals surface area contributed by atoms with Crippen LogP contribution in [0.15, 0.2) is 42.6 Å². The van der Waals surface area contributed by atoms with E-state index in [4.69, 9.17) is 0 Å². The molecule has 0 unspecified atom stereocenters. The Morgan fingerprint density at radius 3 is 2.82 bits per heavy atom. The van der Waals surface area contributed by atoms with Crippen LogP contribution in [0.25, 0.3) is 0 Å². The summed E-state index contributed by atoms with van der Waals surface area (Å²) < 4.78 is 13.6. The highest BCUT2D eigenvalue weighted by molar-refractivity contribution is 5.28. The van der Waals surface area contributed by atoms with Crippen molar-refractivity contribution in [1.29, 1.82) is 0 Å². The quantitative estimate of drug-likeness (QED) is 0.873. The van der Waals surface area contributed by atoms with Gasteiger partial charge in [-0.25, -0.2) is 4.39 Å². The molecule has 0 aliphatic heterocycles. The molecule has 0 atom stereocenters. The molecule has 2 nitrogen and oxygen atoms in total. The predicted molar refractivity (Wildman–Crippen MR) is 66.2 cm³/mol. The molecule has 0 saturated carbocycles. The van der Waals surface area contributed by atoms with Crippen molar-refractivity contribution in [3.8, 4) is 0 Å². The summed E-state index contributed by atoms with van der Waals surface area (Å²) in [5.74, 6) is -0.171. The summed E-state index contributed by atoms with van der Waals surface area (Å²) in [7, 11) is 1.88. The maximum Gasteiger partial charge on any atom is 0.126 e. The first kappa shape index (κ1) is 11.7. The Bertz CT molecular complexity index is 483. The van der Waals surface area contributed by atoms with E-state index in [1.165, 1.54) is 6.07 Å². The van der Waals surface area contributed by atoms with Gasteiger partial charge in [-0.15, -0.1) is 0 Å². The van der Waals surface area contributed by atoms with Crippen molar-refractivity contribution in [1.82, 2.24) is 10.3 Å². The molecule has 0 saturated heterocycles. The average Bonchev–Trinajstić information content (AvgIpc) is 2.35. The molecule has 1 aromatic heterocycles. The summed E-state index contributed by atoms with van der Waals surface area (Å²) >= 11 is 0. The maximum absolute atomic E-state index is 13.6. The van der Waals surface area contributed by atoms with Gasteiger partial charge in [-0.05, 0) is 36.4 Å². The summed E-state index contributed by atoms with van der Waals surface area (Å²) in [6, 6.07) is 10.9. The lowest BCUT2D eigenvalue weighted by Crippen LogP contribution is -2.06. The number of hydrogen-bond donors (Lipinski definition) is 1. The second-order valence-corrected chi connectivity index (χ2v) is 3.95. The lowest BCUT2D eigenvalue weighted by molar-refractivity contribution is 0.611. The summed E-state index contributed by atoms with van der Waals surface area (Å²) in [4.78, 5) is 4.21. The summed E-state index contributed by atoms with van der Waals surface area (Å²) in [6.07, 6.45) is 2.26. The van der Waals surface area contributed by atoms with E-state index in [0.29, 0.717) is 12.0 Å². The Hall–Kier alpha value is -1.74. The van der Waals surface area contributed by atoms with Crippen molar-refractivity contribution in [2.75, 3.05) is 7.05 Å². The van der Waals surface area contributed by atoms with Crippen LogP contribution in [-0.2, 0) is 13.0 Å². The zero-order chi connectivity index (χ0) is 12.1. The molecule has 0 spiro atoms. The van der Waals surface area contributed by atoms with E-state index < -0.39 is 0 Å². The van der Waals surface area contributed by atoms with Crippen LogP contribution in [0.5, 0.6) is 0 Å². The van der Waals surface area contributed by atoms with E-state index in [2.05, 4.69) is 10.3 Å². The van der Waals surface area contributed by atoms with Gasteiger partial charge in [0.15, 0.2) is 0 Å². The zero-order valence-corrected chi connectivity index (χ0v) is 9.78. The topological polar surface area (TPSA) is 24.9 Å². The Balaban J connectivity index is 2.22. The number of pyridine rings is 1. The second kappa shape index (κ2) is 5.55. The SMILES string of the molecule is CNCc1ccc(F)c(Cc2ccccn2)c1. The van der Waals surface area contributed by atoms with Crippen LogP contribution in [0.4, 0.5) is 4.39 Å². The summed E-state index contributed by atoms with van der Waals surface area (Å²) in [5.41, 5.74) is 2.66. The monoisotopic (exact) mass is 230 g/mol. The predicted octanol–water partition coefficient (Wildman–Crippen LogP) is 2.53. The fraction of sp³-hybridized carbons (Fsp3) is 0.214. The minimum atomic E-state index is -0.171. The van der Waals surface area contributed by atoms with Gasteiger partial charge in [0.05, 0.1) is 0 Å². The molecule has 1 heterocycles. The zero-order valence-electron chi connectivity index (χ0n) is 9.78. The summed E-state index contributed by atoms with van der Waals surface area (Å²) in [5, 5.41) is 3.06. The first-order chi connectivity index (χ1) is 8.29. The van der Waals surface area contributed by atoms with E-state index in [1.807, 2.05) is 31.3 Å². The smallest absolute Gasteiger partial charge is 0.126 e. The van der Waals surface area contributed by atoms with Gasteiger partial charge in [0.25, 0.3) is 0 Å². The first-order valence-electron chi connectivity index (χ1n) is 5.61. The number of hydrogen-bond acceptors (Lipinski definition) is 2. The van der Waals surface area contributed by atoms with Crippen LogP contribution in [0, 0.1) is 5.82 Å². The van der Waals surface area contributed by atoms with Crippen molar-refractivity contribution in [3.63, 3.8) is 0 Å². The second-order valence-electron chi connectivity index (χ2n) is 3.95. The number of benzene rings is 1. The van der Waals surface area contributed by atoms with Crippen molar-refractivity contribution >= 4 is 0 Å². The molecule has 0 fully saturated rings. The van der Waals surface area contributed by atoms with E-state index in [0.717, 1.165) is 17.8 Å². The maximum atomic E-state index is 13.6. The van der Waals surface area contributed by atoms with Crippen LogP contribution in [-0.4, -0.2) is 12.0 Å². The van der Waals surface area contributed by atoms with Crippen molar-refractivity contribution in [2.45, 2.75) is 13.0 Å². The van der Waals surface area contributed by atoms with Gasteiger partial charge in [-0.3, -0.25) is 4.98 Å². The Morgan fingerprint density at radius 2 is 2.12 bits per heavy atom. The number of nitrogens with one attached hydrogen (secondary N) is 1. The highest BCUT2D eigenvalue weighted by atomic mass is 19.1. The van der Waals surface area contributed by atoms with Gasteiger partial charge < -0.3 is 5.32 Å². The molecule has 1 N–H and O–H groups in total. The van der Waals surface area contributed by atoms with Gasteiger partial charge in [0.1, 0.15) is 5.82 Å². The first-order valence-corrected chi connectivity index (χ1v) is 5.61. The Morgan fingerprint density at radius 1 is 1.24 bits per heavy atom. The Labute approximate surface area is 101 Å². The van der Waals surface area contributed by atoms with Crippen molar-refractivity contribution in [2.24, 2.45) is 0 Å². The van der Waals surface area contributed by atoms with Gasteiger partial charge >= 0.3 is 0 Å². The highest BCUT2D eigenvalue weighted by Gasteiger charge is 2.05. The normalized spacial score (nSPS) is 10.5. The minimum Gasteiger partial charge on any atom is -0.316 e. The molecule has 17 heavy (non-hydrogen) atoms. The lowest BCUT2D eigenvalue weighted by atomic mass is 10.1. The molecule has 0 bridgehead atoms. The molecule has 0 aliphatic carbocycles. The minimum absolute atomic E-state index is 0.171. The molecule has 0 amide bonds. The number of nitrogens with zero attached hydrogens (tertiary/aromatic N) is 1. The summed E-state index contributed by atoms with van der Waals surface area (Å²) in [6.45, 7) is 0.746. The average molecular weight is 230 g/mol. The Kier molecular flexibility index (Phi) is 3.83. The van der Waals surface area contributed by atoms with Crippen LogP contribution in [0.3, 0.4) is 0 Å². The fourth-order valence-electron chi connectivity index (χ4n) is 1.78. The van der Waals surface area contributed by atoms with Crippen LogP contribution >= 0.6 is 0 Å². The molecule has 1 aromatic carbocycles. The van der Waals surface area contributed by atoms with E-state index in [-0.39, 0.29) is 5.82 Å². The van der Waals surface area contributed by atoms with Crippen molar-refractivity contribution < 1.29 is 4.39 Å². The van der Waals surface area contributed by atoms with E-state index >= 15 is 0 Å². The third-order valence-corrected chi connectivity index (χ3v) is 2.59. The van der Waals surface area contributed by atoms with E-state index in [9.17, 15) is 4.39 Å². The lowest BCUT2D eigenvalue weighted by Gasteiger charge is -2.06. The number of rotatable bonds is 4. The van der Waals surface area contributed by atoms with Crippen molar-refractivity contribution in [3.05, 3.63) is 65.2 Å². The molecule has 2 aromatic rings. The number of aromatic nitrogens is 1. The standard InChI is InChI=1S/C14H15FN2/c1-16-10-11-5-6-14(15)12(8-11)9-13-4-2-3-7-17-13/h2-8,16H,9-10H2,1H3. The fourth-order valence-corrected chi connectivity index (χ4v) is 1.78. The van der Waals surface area contributed by atoms with E-state index in [1.54, 1.807) is 12.3 Å². The molecular weight excluding hydrogens is 215 g/mol. The third-order valence-electron chi connectivity index (χ3n) is 2.59. The molecule has 3 heteroatoms. The largest absolute Gasteiger partial charge is 0.316 e. The highest BCUT2D eigenvalue weighted by Crippen LogP contribution is 2.14. The van der Waals surface area contributed by atoms with Gasteiger partial charge in [0, 0.05) is 24.9 Å². The van der Waals surface area contributed by atoms with Crippen LogP contribution in [0.2, 0.25) is 0 Å². The molecule has 88 valence electrons. The van der Waals surface area contributed by atoms with Gasteiger partial charge in [-0.1, -0.05) is 18.2 Å². The molecule has 0 aliphatic rings. The third kappa shape index (κ3) is 3.11. The van der Waals surface area contributed by atoms with Gasteiger partial charge in [-0.2, -0.15) is 0 Å². The number of halogens is 1. The van der Waals surface area contributed by atoms with Crippen LogP contribution < -0.4 is 5.32 Å². The van der Waals surface area contributed by atoms with Gasteiger partial charge in [0.2, 0.25) is 0 Å². The van der Waals surface area contributed by atoms with Crippen LogP contribution in [0.1, 0.15) is 16.8 Å². The molecule has 2 rings (SSSR count).